The van der Waals surface area contributed by atoms with Crippen LogP contribution >= 0.6 is 0 Å². The van der Waals surface area contributed by atoms with E-state index < -0.39 is 0 Å². The van der Waals surface area contributed by atoms with Crippen molar-refractivity contribution in [1.29, 1.82) is 0 Å². The van der Waals surface area contributed by atoms with Gasteiger partial charge in [-0.3, -0.25) is 0 Å². The highest BCUT2D eigenvalue weighted by molar-refractivity contribution is 5.64. The van der Waals surface area contributed by atoms with E-state index in [-0.39, 0.29) is 11.7 Å². The molecule has 0 N–H and O–H groups in total. The average Bonchev–Trinajstić information content (AvgIpc) is 3.32. The van der Waals surface area contributed by atoms with Crippen molar-refractivity contribution in [1.82, 2.24) is 20.3 Å². The van der Waals surface area contributed by atoms with Gasteiger partial charge in [0.05, 0.1) is 12.7 Å². The summed E-state index contributed by atoms with van der Waals surface area (Å²) in [5, 5.41) is 11.9. The number of hydrogen-bond donors (Lipinski definition) is 0. The van der Waals surface area contributed by atoms with Gasteiger partial charge < -0.3 is 13.7 Å². The minimum atomic E-state index is 0.193. The highest BCUT2D eigenvalue weighted by Crippen LogP contribution is 2.30. The van der Waals surface area contributed by atoms with Gasteiger partial charge in [0.25, 0.3) is 17.6 Å². The molecular formula is C17H12N4O3. The lowest BCUT2D eigenvalue weighted by atomic mass is 10.2. The van der Waals surface area contributed by atoms with E-state index in [1.807, 2.05) is 54.6 Å². The number of methoxy groups -OCH3 is 1. The molecule has 0 bridgehead atoms. The molecule has 0 atom stereocenters. The normalized spacial score (nSPS) is 10.7. The number of aromatic nitrogens is 4. The van der Waals surface area contributed by atoms with Crippen LogP contribution in [-0.4, -0.2) is 27.4 Å². The average molecular weight is 320 g/mol. The van der Waals surface area contributed by atoms with Crippen LogP contribution in [0.5, 0.6) is 5.75 Å². The van der Waals surface area contributed by atoms with Crippen LogP contribution in [-0.2, 0) is 0 Å². The SMILES string of the molecule is COc1ccccc1-c1nc(-c2nnc(-c3ccccc3)o2)no1. The van der Waals surface area contributed by atoms with E-state index in [1.54, 1.807) is 7.11 Å². The lowest BCUT2D eigenvalue weighted by Gasteiger charge is -2.02. The van der Waals surface area contributed by atoms with Crippen LogP contribution in [0.15, 0.2) is 63.5 Å². The molecule has 0 aliphatic carbocycles. The summed E-state index contributed by atoms with van der Waals surface area (Å²) in [6, 6.07) is 16.9. The molecule has 0 unspecified atom stereocenters. The summed E-state index contributed by atoms with van der Waals surface area (Å²) in [5.74, 6) is 1.78. The first-order valence-electron chi connectivity index (χ1n) is 7.21. The smallest absolute Gasteiger partial charge is 0.289 e. The topological polar surface area (TPSA) is 87.1 Å². The minimum Gasteiger partial charge on any atom is -0.496 e. The van der Waals surface area contributed by atoms with Crippen LogP contribution in [0.25, 0.3) is 34.6 Å². The molecule has 0 fully saturated rings. The highest BCUT2D eigenvalue weighted by Gasteiger charge is 2.19. The van der Waals surface area contributed by atoms with Crippen molar-refractivity contribution in [3.05, 3.63) is 54.6 Å². The van der Waals surface area contributed by atoms with Gasteiger partial charge in [0, 0.05) is 5.56 Å². The Kier molecular flexibility index (Phi) is 3.51. The highest BCUT2D eigenvalue weighted by atomic mass is 16.5. The summed E-state index contributed by atoms with van der Waals surface area (Å²) in [6.45, 7) is 0. The van der Waals surface area contributed by atoms with Crippen molar-refractivity contribution >= 4 is 0 Å². The maximum atomic E-state index is 5.62. The minimum absolute atomic E-state index is 0.193. The fraction of sp³-hybridized carbons (Fsp3) is 0.0588. The molecule has 4 rings (SSSR count). The lowest BCUT2D eigenvalue weighted by Crippen LogP contribution is -1.87. The van der Waals surface area contributed by atoms with Gasteiger partial charge in [0.15, 0.2) is 0 Å². The van der Waals surface area contributed by atoms with Crippen molar-refractivity contribution in [2.45, 2.75) is 0 Å². The van der Waals surface area contributed by atoms with E-state index in [9.17, 15) is 0 Å². The number of para-hydroxylation sites is 1. The summed E-state index contributed by atoms with van der Waals surface area (Å²) >= 11 is 0. The zero-order valence-electron chi connectivity index (χ0n) is 12.7. The molecule has 2 aromatic heterocycles. The molecule has 0 saturated heterocycles. The van der Waals surface area contributed by atoms with E-state index in [0.717, 1.165) is 5.56 Å². The first kappa shape index (κ1) is 14.1. The molecule has 0 radical (unpaired) electrons. The molecule has 0 spiro atoms. The molecule has 7 heteroatoms. The van der Waals surface area contributed by atoms with Crippen LogP contribution < -0.4 is 4.74 Å². The molecule has 118 valence electrons. The lowest BCUT2D eigenvalue weighted by molar-refractivity contribution is 0.405. The summed E-state index contributed by atoms with van der Waals surface area (Å²) in [4.78, 5) is 4.31. The van der Waals surface area contributed by atoms with Gasteiger partial charge in [-0.25, -0.2) is 0 Å². The van der Waals surface area contributed by atoms with E-state index in [1.165, 1.54) is 0 Å². The quantitative estimate of drug-likeness (QED) is 0.569. The summed E-state index contributed by atoms with van der Waals surface area (Å²) in [5.41, 5.74) is 1.52. The Labute approximate surface area is 136 Å². The molecule has 7 nitrogen and oxygen atoms in total. The molecule has 4 aromatic rings. The Morgan fingerprint density at radius 2 is 1.58 bits per heavy atom. The van der Waals surface area contributed by atoms with Crippen LogP contribution in [0.3, 0.4) is 0 Å². The molecule has 2 aromatic carbocycles. The maximum Gasteiger partial charge on any atom is 0.289 e. The molecule has 2 heterocycles. The number of nitrogens with zero attached hydrogens (tertiary/aromatic N) is 4. The van der Waals surface area contributed by atoms with Crippen molar-refractivity contribution in [3.8, 4) is 40.4 Å². The fourth-order valence-electron chi connectivity index (χ4n) is 2.25. The fourth-order valence-corrected chi connectivity index (χ4v) is 2.25. The molecule has 24 heavy (non-hydrogen) atoms. The van der Waals surface area contributed by atoms with Gasteiger partial charge in [0.2, 0.25) is 5.89 Å². The maximum absolute atomic E-state index is 5.62. The molecule has 0 aliphatic heterocycles. The van der Waals surface area contributed by atoms with Crippen molar-refractivity contribution in [2.75, 3.05) is 7.11 Å². The number of rotatable bonds is 4. The summed E-state index contributed by atoms with van der Waals surface area (Å²) < 4.78 is 16.2. The predicted octanol–water partition coefficient (Wildman–Crippen LogP) is 3.46. The number of ether oxygens (including phenoxy) is 1. The van der Waals surface area contributed by atoms with E-state index in [0.29, 0.717) is 23.1 Å². The number of hydrogen-bond acceptors (Lipinski definition) is 7. The van der Waals surface area contributed by atoms with Crippen LogP contribution in [0.1, 0.15) is 0 Å². The first-order chi connectivity index (χ1) is 11.8. The van der Waals surface area contributed by atoms with Gasteiger partial charge in [0.1, 0.15) is 5.75 Å². The third-order valence-corrected chi connectivity index (χ3v) is 3.40. The number of benzene rings is 2. The van der Waals surface area contributed by atoms with E-state index in [2.05, 4.69) is 20.3 Å². The Morgan fingerprint density at radius 3 is 2.42 bits per heavy atom. The van der Waals surface area contributed by atoms with Crippen LogP contribution in [0.2, 0.25) is 0 Å². The summed E-state index contributed by atoms with van der Waals surface area (Å²) in [6.07, 6.45) is 0. The van der Waals surface area contributed by atoms with Crippen LogP contribution in [0.4, 0.5) is 0 Å². The molecule has 0 saturated carbocycles. The largest absolute Gasteiger partial charge is 0.496 e. The van der Waals surface area contributed by atoms with Crippen molar-refractivity contribution in [2.24, 2.45) is 0 Å². The summed E-state index contributed by atoms with van der Waals surface area (Å²) in [7, 11) is 1.58. The predicted molar refractivity (Wildman–Crippen MR) is 85.0 cm³/mol. The Morgan fingerprint density at radius 1 is 0.833 bits per heavy atom. The second-order valence-corrected chi connectivity index (χ2v) is 4.90. The van der Waals surface area contributed by atoms with Gasteiger partial charge in [-0.15, -0.1) is 10.2 Å². The van der Waals surface area contributed by atoms with Gasteiger partial charge in [-0.2, -0.15) is 4.98 Å². The third-order valence-electron chi connectivity index (χ3n) is 3.40. The molecular weight excluding hydrogens is 308 g/mol. The molecule has 0 aliphatic rings. The standard InChI is InChI=1S/C17H12N4O3/c1-22-13-10-6-5-9-12(13)16-18-14(21-24-16)17-20-19-15(23-17)11-7-3-2-4-8-11/h2-10H,1H3. The monoisotopic (exact) mass is 320 g/mol. The second kappa shape index (κ2) is 5.96. The second-order valence-electron chi connectivity index (χ2n) is 4.90. The Bertz CT molecular complexity index is 963. The zero-order valence-corrected chi connectivity index (χ0v) is 12.7. The Hall–Kier alpha value is -3.48. The van der Waals surface area contributed by atoms with Gasteiger partial charge in [-0.1, -0.05) is 35.5 Å². The van der Waals surface area contributed by atoms with Gasteiger partial charge in [-0.05, 0) is 24.3 Å². The van der Waals surface area contributed by atoms with Crippen LogP contribution in [0, 0.1) is 0 Å². The van der Waals surface area contributed by atoms with E-state index in [4.69, 9.17) is 13.7 Å². The zero-order chi connectivity index (χ0) is 16.4. The molecule has 0 amide bonds. The van der Waals surface area contributed by atoms with Crippen molar-refractivity contribution < 1.29 is 13.7 Å². The Balaban J connectivity index is 1.67. The van der Waals surface area contributed by atoms with Crippen molar-refractivity contribution in [3.63, 3.8) is 0 Å². The van der Waals surface area contributed by atoms with Gasteiger partial charge >= 0.3 is 0 Å². The van der Waals surface area contributed by atoms with E-state index >= 15 is 0 Å². The third kappa shape index (κ3) is 2.52. The first-order valence-corrected chi connectivity index (χ1v) is 7.21.